The van der Waals surface area contributed by atoms with E-state index in [1.807, 2.05) is 36.6 Å². The Kier molecular flexibility index (Phi) is 3.63. The van der Waals surface area contributed by atoms with Crippen molar-refractivity contribution in [3.8, 4) is 0 Å². The van der Waals surface area contributed by atoms with Crippen molar-refractivity contribution in [2.75, 3.05) is 0 Å². The summed E-state index contributed by atoms with van der Waals surface area (Å²) in [6, 6.07) is 7.45. The third-order valence-electron chi connectivity index (χ3n) is 2.11. The molecule has 0 radical (unpaired) electrons. The van der Waals surface area contributed by atoms with Gasteiger partial charge in [-0.2, -0.15) is 0 Å². The summed E-state index contributed by atoms with van der Waals surface area (Å²) in [5.41, 5.74) is 0. The molecule has 0 spiro atoms. The second kappa shape index (κ2) is 4.99. The van der Waals surface area contributed by atoms with E-state index in [1.54, 1.807) is 0 Å². The zero-order chi connectivity index (χ0) is 11.5. The van der Waals surface area contributed by atoms with E-state index in [9.17, 15) is 4.79 Å². The normalized spacial score (nSPS) is 12.4. The molecule has 0 aromatic carbocycles. The van der Waals surface area contributed by atoms with E-state index in [0.29, 0.717) is 0 Å². The minimum absolute atomic E-state index is 0.00731. The van der Waals surface area contributed by atoms with Crippen LogP contribution >= 0.6 is 34.3 Å². The van der Waals surface area contributed by atoms with Crippen molar-refractivity contribution in [1.29, 1.82) is 0 Å². The van der Waals surface area contributed by atoms with Gasteiger partial charge in [-0.3, -0.25) is 4.79 Å². The Morgan fingerprint density at radius 3 is 2.81 bits per heavy atom. The third kappa shape index (κ3) is 2.64. The highest BCUT2D eigenvalue weighted by Gasteiger charge is 2.13. The lowest BCUT2D eigenvalue weighted by molar-refractivity contribution is 0.0944. The summed E-state index contributed by atoms with van der Waals surface area (Å²) in [6.45, 7) is 1.95. The lowest BCUT2D eigenvalue weighted by Gasteiger charge is -2.10. The van der Waals surface area contributed by atoms with Crippen LogP contribution in [-0.2, 0) is 0 Å². The van der Waals surface area contributed by atoms with Crippen LogP contribution < -0.4 is 5.32 Å². The Bertz CT molecular complexity index is 478. The summed E-state index contributed by atoms with van der Waals surface area (Å²) >= 11 is 8.78. The molecule has 1 atom stereocenters. The van der Waals surface area contributed by atoms with Gasteiger partial charge in [0.05, 0.1) is 15.3 Å². The highest BCUT2D eigenvalue weighted by atomic mass is 35.5. The van der Waals surface area contributed by atoms with E-state index >= 15 is 0 Å². The molecule has 2 aromatic rings. The molecule has 5 heteroatoms. The molecule has 0 saturated heterocycles. The molecule has 0 aliphatic heterocycles. The lowest BCUT2D eigenvalue weighted by Crippen LogP contribution is -2.25. The van der Waals surface area contributed by atoms with Crippen LogP contribution in [-0.4, -0.2) is 5.91 Å². The summed E-state index contributed by atoms with van der Waals surface area (Å²) in [6.07, 6.45) is 0. The summed E-state index contributed by atoms with van der Waals surface area (Å²) in [4.78, 5) is 13.6. The number of thiophene rings is 2. The summed E-state index contributed by atoms with van der Waals surface area (Å²) in [5.74, 6) is -0.0352. The molecule has 0 fully saturated rings. The molecule has 0 saturated carbocycles. The van der Waals surface area contributed by atoms with Gasteiger partial charge < -0.3 is 5.32 Å². The van der Waals surface area contributed by atoms with Gasteiger partial charge >= 0.3 is 0 Å². The van der Waals surface area contributed by atoms with Crippen LogP contribution in [0.4, 0.5) is 0 Å². The third-order valence-corrected chi connectivity index (χ3v) is 4.40. The van der Waals surface area contributed by atoms with Crippen LogP contribution in [0.25, 0.3) is 0 Å². The van der Waals surface area contributed by atoms with Crippen molar-refractivity contribution in [2.24, 2.45) is 0 Å². The first-order chi connectivity index (χ1) is 7.66. The van der Waals surface area contributed by atoms with Crippen LogP contribution in [0.15, 0.2) is 29.6 Å². The molecule has 0 unspecified atom stereocenters. The molecule has 2 heterocycles. The van der Waals surface area contributed by atoms with Gasteiger partial charge in [-0.05, 0) is 30.5 Å². The van der Waals surface area contributed by atoms with Gasteiger partial charge in [0.1, 0.15) is 0 Å². The summed E-state index contributed by atoms with van der Waals surface area (Å²) in [7, 11) is 0. The zero-order valence-corrected chi connectivity index (χ0v) is 11.0. The van der Waals surface area contributed by atoms with E-state index in [4.69, 9.17) is 11.6 Å². The largest absolute Gasteiger partial charge is 0.344 e. The molecule has 0 bridgehead atoms. The molecule has 1 amide bonds. The van der Waals surface area contributed by atoms with Crippen LogP contribution in [0.3, 0.4) is 0 Å². The number of carbonyl (C=O) groups excluding carboxylic acids is 1. The van der Waals surface area contributed by atoms with Crippen molar-refractivity contribution in [3.05, 3.63) is 43.7 Å². The van der Waals surface area contributed by atoms with E-state index in [1.165, 1.54) is 22.7 Å². The summed E-state index contributed by atoms with van der Waals surface area (Å²) in [5, 5.41) is 4.83. The lowest BCUT2D eigenvalue weighted by atomic mass is 10.2. The van der Waals surface area contributed by atoms with E-state index in [2.05, 4.69) is 5.32 Å². The highest BCUT2D eigenvalue weighted by Crippen LogP contribution is 2.26. The van der Waals surface area contributed by atoms with Gasteiger partial charge in [0.2, 0.25) is 0 Å². The Hall–Kier alpha value is -0.840. The molecule has 2 rings (SSSR count). The average molecular weight is 272 g/mol. The molecule has 2 nitrogen and oxygen atoms in total. The van der Waals surface area contributed by atoms with Gasteiger partial charge in [0.25, 0.3) is 5.91 Å². The highest BCUT2D eigenvalue weighted by molar-refractivity contribution is 7.16. The van der Waals surface area contributed by atoms with Crippen molar-refractivity contribution in [3.63, 3.8) is 0 Å². The maximum Gasteiger partial charge on any atom is 0.261 e. The summed E-state index contributed by atoms with van der Waals surface area (Å²) < 4.78 is 0.743. The number of hydrogen-bond acceptors (Lipinski definition) is 3. The average Bonchev–Trinajstić information content (AvgIpc) is 2.87. The fourth-order valence-electron chi connectivity index (χ4n) is 1.31. The van der Waals surface area contributed by atoms with Crippen molar-refractivity contribution in [2.45, 2.75) is 13.0 Å². The molecular formula is C11H10ClNOS2. The van der Waals surface area contributed by atoms with Crippen molar-refractivity contribution >= 4 is 40.2 Å². The second-order valence-corrected chi connectivity index (χ2v) is 6.01. The Labute approximate surface area is 107 Å². The minimum atomic E-state index is -0.0352. The SMILES string of the molecule is C[C@@H](NC(=O)c1cccs1)c1ccc(Cl)s1. The topological polar surface area (TPSA) is 29.1 Å². The van der Waals surface area contributed by atoms with E-state index in [0.717, 1.165) is 14.1 Å². The number of hydrogen-bond donors (Lipinski definition) is 1. The van der Waals surface area contributed by atoms with Gasteiger partial charge in [-0.1, -0.05) is 17.7 Å². The Balaban J connectivity index is 2.03. The molecular weight excluding hydrogens is 262 g/mol. The standard InChI is InChI=1S/C11H10ClNOS2/c1-7(8-4-5-10(12)16-8)13-11(14)9-3-2-6-15-9/h2-7H,1H3,(H,13,14)/t7-/m1/s1. The van der Waals surface area contributed by atoms with Crippen molar-refractivity contribution < 1.29 is 4.79 Å². The molecule has 0 aliphatic rings. The quantitative estimate of drug-likeness (QED) is 0.900. The predicted octanol–water partition coefficient (Wildman–Crippen LogP) is 3.95. The van der Waals surface area contributed by atoms with E-state index in [-0.39, 0.29) is 11.9 Å². The van der Waals surface area contributed by atoms with Gasteiger partial charge in [-0.15, -0.1) is 22.7 Å². The monoisotopic (exact) mass is 271 g/mol. The first-order valence-electron chi connectivity index (χ1n) is 4.76. The smallest absolute Gasteiger partial charge is 0.261 e. The maximum absolute atomic E-state index is 11.8. The van der Waals surface area contributed by atoms with Gasteiger partial charge in [-0.25, -0.2) is 0 Å². The van der Waals surface area contributed by atoms with E-state index < -0.39 is 0 Å². The number of halogens is 1. The second-order valence-electron chi connectivity index (χ2n) is 3.31. The number of amides is 1. The van der Waals surface area contributed by atoms with Crippen LogP contribution in [0.5, 0.6) is 0 Å². The molecule has 1 N–H and O–H groups in total. The molecule has 16 heavy (non-hydrogen) atoms. The van der Waals surface area contributed by atoms with Crippen LogP contribution in [0, 0.1) is 0 Å². The zero-order valence-electron chi connectivity index (χ0n) is 8.57. The molecule has 84 valence electrons. The van der Waals surface area contributed by atoms with Crippen molar-refractivity contribution in [1.82, 2.24) is 5.32 Å². The molecule has 0 aliphatic carbocycles. The fraction of sp³-hybridized carbons (Fsp3) is 0.182. The Morgan fingerprint density at radius 2 is 2.25 bits per heavy atom. The minimum Gasteiger partial charge on any atom is -0.344 e. The maximum atomic E-state index is 11.8. The Morgan fingerprint density at radius 1 is 1.44 bits per heavy atom. The number of nitrogens with one attached hydrogen (secondary N) is 1. The predicted molar refractivity (Wildman–Crippen MR) is 69.5 cm³/mol. The number of carbonyl (C=O) groups is 1. The first-order valence-corrected chi connectivity index (χ1v) is 6.84. The number of rotatable bonds is 3. The van der Waals surface area contributed by atoms with Crippen LogP contribution in [0.1, 0.15) is 27.5 Å². The fourth-order valence-corrected chi connectivity index (χ4v) is 3.00. The van der Waals surface area contributed by atoms with Gasteiger partial charge in [0.15, 0.2) is 0 Å². The van der Waals surface area contributed by atoms with Crippen LogP contribution in [0.2, 0.25) is 4.34 Å². The first kappa shape index (κ1) is 11.6. The molecule has 2 aromatic heterocycles. The van der Waals surface area contributed by atoms with Gasteiger partial charge in [0, 0.05) is 4.88 Å².